The second-order valence-electron chi connectivity index (χ2n) is 7.99. The van der Waals surface area contributed by atoms with Gasteiger partial charge in [-0.05, 0) is 50.2 Å². The first-order chi connectivity index (χ1) is 14.8. The summed E-state index contributed by atoms with van der Waals surface area (Å²) >= 11 is 7.45. The number of carbonyl (C=O) groups is 1. The Kier molecular flexibility index (Phi) is 6.25. The Morgan fingerprint density at radius 3 is 2.48 bits per heavy atom. The van der Waals surface area contributed by atoms with Crippen molar-refractivity contribution in [3.8, 4) is 16.7 Å². The Balaban J connectivity index is 1.33. The Bertz CT molecular complexity index is 1060. The summed E-state index contributed by atoms with van der Waals surface area (Å²) in [5.41, 5.74) is -0.0961. The van der Waals surface area contributed by atoms with E-state index in [-0.39, 0.29) is 12.0 Å². The Hall–Kier alpha value is -2.51. The fourth-order valence-corrected chi connectivity index (χ4v) is 4.59. The highest BCUT2D eigenvalue weighted by Gasteiger charge is 2.36. The number of rotatable bonds is 6. The maximum atomic E-state index is 13.0. The molecule has 0 atom stereocenters. The lowest BCUT2D eigenvalue weighted by Crippen LogP contribution is -2.52. The van der Waals surface area contributed by atoms with E-state index in [1.165, 1.54) is 11.3 Å². The molecule has 0 unspecified atom stereocenters. The van der Waals surface area contributed by atoms with Crippen molar-refractivity contribution in [3.63, 3.8) is 0 Å². The molecule has 1 aromatic heterocycles. The Labute approximate surface area is 190 Å². The standard InChI is InChI=1S/C23H25ClN2O4S/c1-23(2,30-17-6-4-15(24)5-7-17)21(27)26-12-10-16(11-13-26)29-22-25-19-14-18(28-3)8-9-20(19)31-22/h4-9,14,16H,10-13H2,1-3H3. The SMILES string of the molecule is COc1ccc2sc(OC3CCN(C(=O)C(C)(C)Oc4ccc(Cl)cc4)CC3)nc2c1. The Morgan fingerprint density at radius 2 is 1.81 bits per heavy atom. The molecular formula is C23H25ClN2O4S. The van der Waals surface area contributed by atoms with E-state index in [0.29, 0.717) is 29.1 Å². The summed E-state index contributed by atoms with van der Waals surface area (Å²) < 4.78 is 18.4. The van der Waals surface area contributed by atoms with E-state index in [1.807, 2.05) is 23.1 Å². The molecule has 0 N–H and O–H groups in total. The molecule has 0 aliphatic carbocycles. The van der Waals surface area contributed by atoms with Gasteiger partial charge >= 0.3 is 0 Å². The van der Waals surface area contributed by atoms with Crippen LogP contribution in [0.1, 0.15) is 26.7 Å². The lowest BCUT2D eigenvalue weighted by molar-refractivity contribution is -0.147. The van der Waals surface area contributed by atoms with Gasteiger partial charge in [-0.15, -0.1) is 0 Å². The zero-order chi connectivity index (χ0) is 22.0. The second-order valence-corrected chi connectivity index (χ2v) is 9.42. The number of carbonyl (C=O) groups excluding carboxylic acids is 1. The van der Waals surface area contributed by atoms with Gasteiger partial charge in [-0.3, -0.25) is 4.79 Å². The smallest absolute Gasteiger partial charge is 0.274 e. The van der Waals surface area contributed by atoms with Crippen molar-refractivity contribution in [3.05, 3.63) is 47.5 Å². The molecule has 0 radical (unpaired) electrons. The van der Waals surface area contributed by atoms with Crippen molar-refractivity contribution in [2.45, 2.75) is 38.4 Å². The highest BCUT2D eigenvalue weighted by molar-refractivity contribution is 7.20. The minimum Gasteiger partial charge on any atom is -0.497 e. The van der Waals surface area contributed by atoms with Gasteiger partial charge in [-0.1, -0.05) is 22.9 Å². The van der Waals surface area contributed by atoms with Gasteiger partial charge in [0.05, 0.1) is 17.3 Å². The van der Waals surface area contributed by atoms with E-state index in [1.54, 1.807) is 45.2 Å². The van der Waals surface area contributed by atoms with Gasteiger partial charge < -0.3 is 19.1 Å². The number of ether oxygens (including phenoxy) is 3. The number of piperidine rings is 1. The number of methoxy groups -OCH3 is 1. The van der Waals surface area contributed by atoms with E-state index in [9.17, 15) is 4.79 Å². The molecule has 8 heteroatoms. The third-order valence-electron chi connectivity index (χ3n) is 5.27. The molecular weight excluding hydrogens is 436 g/mol. The minimum atomic E-state index is -0.965. The number of benzene rings is 2. The van der Waals surface area contributed by atoms with Gasteiger partial charge in [0.2, 0.25) is 0 Å². The zero-order valence-electron chi connectivity index (χ0n) is 17.8. The molecule has 1 saturated heterocycles. The van der Waals surface area contributed by atoms with E-state index in [2.05, 4.69) is 4.98 Å². The predicted octanol–water partition coefficient (Wildman–Crippen LogP) is 5.19. The number of halogens is 1. The van der Waals surface area contributed by atoms with Crippen molar-refractivity contribution >= 4 is 39.1 Å². The van der Waals surface area contributed by atoms with Crippen LogP contribution in [0.3, 0.4) is 0 Å². The first kappa shape index (κ1) is 21.7. The highest BCUT2D eigenvalue weighted by Crippen LogP contribution is 2.32. The van der Waals surface area contributed by atoms with Gasteiger partial charge in [0.1, 0.15) is 17.6 Å². The van der Waals surface area contributed by atoms with Crippen LogP contribution in [-0.4, -0.2) is 47.7 Å². The summed E-state index contributed by atoms with van der Waals surface area (Å²) in [6.07, 6.45) is 1.54. The van der Waals surface area contributed by atoms with Crippen LogP contribution in [0.5, 0.6) is 16.7 Å². The number of thiazole rings is 1. The predicted molar refractivity (Wildman–Crippen MR) is 123 cm³/mol. The summed E-state index contributed by atoms with van der Waals surface area (Å²) in [4.78, 5) is 19.5. The monoisotopic (exact) mass is 460 g/mol. The largest absolute Gasteiger partial charge is 0.497 e. The maximum absolute atomic E-state index is 13.0. The molecule has 1 aliphatic rings. The lowest BCUT2D eigenvalue weighted by Gasteiger charge is -2.36. The minimum absolute atomic E-state index is 0.0341. The summed E-state index contributed by atoms with van der Waals surface area (Å²) in [6.45, 7) is 4.83. The average molecular weight is 461 g/mol. The van der Waals surface area contributed by atoms with Gasteiger partial charge in [0, 0.05) is 37.0 Å². The van der Waals surface area contributed by atoms with E-state index >= 15 is 0 Å². The summed E-state index contributed by atoms with van der Waals surface area (Å²) in [5.74, 6) is 1.36. The fourth-order valence-electron chi connectivity index (χ4n) is 3.60. The van der Waals surface area contributed by atoms with Crippen LogP contribution in [0.4, 0.5) is 0 Å². The summed E-state index contributed by atoms with van der Waals surface area (Å²) in [7, 11) is 1.64. The number of aromatic nitrogens is 1. The quantitative estimate of drug-likeness (QED) is 0.506. The molecule has 0 bridgehead atoms. The van der Waals surface area contributed by atoms with Crippen molar-refractivity contribution in [1.29, 1.82) is 0 Å². The Morgan fingerprint density at radius 1 is 1.13 bits per heavy atom. The average Bonchev–Trinajstić information content (AvgIpc) is 3.16. The highest BCUT2D eigenvalue weighted by atomic mass is 35.5. The molecule has 0 spiro atoms. The first-order valence-electron chi connectivity index (χ1n) is 10.2. The van der Waals surface area contributed by atoms with Crippen LogP contribution in [-0.2, 0) is 4.79 Å². The van der Waals surface area contributed by atoms with Gasteiger partial charge in [-0.2, -0.15) is 0 Å². The lowest BCUT2D eigenvalue weighted by atomic mass is 10.0. The van der Waals surface area contributed by atoms with E-state index < -0.39 is 5.60 Å². The third kappa shape index (κ3) is 5.05. The maximum Gasteiger partial charge on any atom is 0.274 e. The summed E-state index contributed by atoms with van der Waals surface area (Å²) in [6, 6.07) is 12.8. The van der Waals surface area contributed by atoms with Gasteiger partial charge in [-0.25, -0.2) is 4.98 Å². The number of nitrogens with zero attached hydrogens (tertiary/aromatic N) is 2. The molecule has 6 nitrogen and oxygen atoms in total. The molecule has 3 aromatic rings. The molecule has 1 fully saturated rings. The van der Waals surface area contributed by atoms with Crippen molar-refractivity contribution in [2.24, 2.45) is 0 Å². The zero-order valence-corrected chi connectivity index (χ0v) is 19.3. The van der Waals surface area contributed by atoms with Crippen molar-refractivity contribution in [1.82, 2.24) is 9.88 Å². The van der Waals surface area contributed by atoms with Crippen LogP contribution in [0.25, 0.3) is 10.2 Å². The van der Waals surface area contributed by atoms with Crippen LogP contribution in [0.2, 0.25) is 5.02 Å². The molecule has 1 aliphatic heterocycles. The summed E-state index contributed by atoms with van der Waals surface area (Å²) in [5, 5.41) is 1.28. The number of hydrogen-bond acceptors (Lipinski definition) is 6. The van der Waals surface area contributed by atoms with Gasteiger partial charge in [0.25, 0.3) is 11.1 Å². The number of amides is 1. The molecule has 2 aromatic carbocycles. The van der Waals surface area contributed by atoms with E-state index in [4.69, 9.17) is 25.8 Å². The first-order valence-corrected chi connectivity index (χ1v) is 11.4. The van der Waals surface area contributed by atoms with Crippen molar-refractivity contribution in [2.75, 3.05) is 20.2 Å². The van der Waals surface area contributed by atoms with Crippen LogP contribution in [0.15, 0.2) is 42.5 Å². The van der Waals surface area contributed by atoms with Gasteiger partial charge in [0.15, 0.2) is 5.60 Å². The topological polar surface area (TPSA) is 60.9 Å². The molecule has 31 heavy (non-hydrogen) atoms. The number of likely N-dealkylation sites (tertiary alicyclic amines) is 1. The van der Waals surface area contributed by atoms with Crippen molar-refractivity contribution < 1.29 is 19.0 Å². The normalized spacial score (nSPS) is 15.2. The fraction of sp³-hybridized carbons (Fsp3) is 0.391. The second kappa shape index (κ2) is 8.93. The van der Waals surface area contributed by atoms with Crippen LogP contribution in [0, 0.1) is 0 Å². The van der Waals surface area contributed by atoms with E-state index in [0.717, 1.165) is 28.8 Å². The molecule has 1 amide bonds. The molecule has 164 valence electrons. The molecule has 0 saturated carbocycles. The number of fused-ring (bicyclic) bond motifs is 1. The molecule has 4 rings (SSSR count). The molecule has 2 heterocycles. The van der Waals surface area contributed by atoms with Crippen LogP contribution >= 0.6 is 22.9 Å². The third-order valence-corrected chi connectivity index (χ3v) is 6.45. The van der Waals surface area contributed by atoms with Crippen LogP contribution < -0.4 is 14.2 Å². The number of hydrogen-bond donors (Lipinski definition) is 0.